The Balaban J connectivity index is 1.36. The molecule has 1 fully saturated rings. The zero-order valence-corrected chi connectivity index (χ0v) is 16.8. The Labute approximate surface area is 173 Å². The second-order valence-electron chi connectivity index (χ2n) is 7.50. The van der Waals surface area contributed by atoms with Crippen molar-refractivity contribution in [3.8, 4) is 11.3 Å². The molecule has 0 aromatic carbocycles. The number of nitrogens with one attached hydrogen (secondary N) is 1. The van der Waals surface area contributed by atoms with Crippen molar-refractivity contribution in [3.05, 3.63) is 53.1 Å². The molecule has 1 N–H and O–H groups in total. The number of ether oxygens (including phenoxy) is 2. The highest BCUT2D eigenvalue weighted by Gasteiger charge is 2.30. The van der Waals surface area contributed by atoms with Crippen LogP contribution in [-0.4, -0.2) is 58.1 Å². The van der Waals surface area contributed by atoms with Crippen molar-refractivity contribution in [2.24, 2.45) is 0 Å². The van der Waals surface area contributed by atoms with Crippen LogP contribution in [0.15, 0.2) is 29.1 Å². The number of hydrogen-bond acceptors (Lipinski definition) is 7. The molecule has 0 unspecified atom stereocenters. The van der Waals surface area contributed by atoms with E-state index in [1.54, 1.807) is 18.5 Å². The minimum Gasteiger partial charge on any atom is -0.455 e. The summed E-state index contributed by atoms with van der Waals surface area (Å²) in [5, 5.41) is 7.65. The van der Waals surface area contributed by atoms with E-state index in [2.05, 4.69) is 15.3 Å². The minimum absolute atomic E-state index is 0.130. The molecule has 0 saturated carbocycles. The van der Waals surface area contributed by atoms with E-state index in [1.807, 2.05) is 17.8 Å². The Kier molecular flexibility index (Phi) is 5.06. The molecule has 9 nitrogen and oxygen atoms in total. The topological polar surface area (TPSA) is 104 Å². The highest BCUT2D eigenvalue weighted by molar-refractivity contribution is 5.95. The number of carbonyl (C=O) groups excluding carboxylic acids is 1. The van der Waals surface area contributed by atoms with E-state index < -0.39 is 0 Å². The van der Waals surface area contributed by atoms with Gasteiger partial charge in [0.25, 0.3) is 5.91 Å². The maximum atomic E-state index is 12.7. The fourth-order valence-corrected chi connectivity index (χ4v) is 3.96. The van der Waals surface area contributed by atoms with Crippen molar-refractivity contribution in [2.75, 3.05) is 26.4 Å². The molecule has 4 heterocycles. The van der Waals surface area contributed by atoms with Crippen molar-refractivity contribution in [3.63, 3.8) is 0 Å². The smallest absolute Gasteiger partial charge is 0.287 e. The highest BCUT2D eigenvalue weighted by atomic mass is 16.6. The maximum Gasteiger partial charge on any atom is 0.287 e. The zero-order valence-electron chi connectivity index (χ0n) is 16.8. The molecule has 30 heavy (non-hydrogen) atoms. The van der Waals surface area contributed by atoms with E-state index in [4.69, 9.17) is 19.0 Å². The Morgan fingerprint density at radius 1 is 1.27 bits per heavy atom. The molecule has 156 valence electrons. The van der Waals surface area contributed by atoms with Crippen LogP contribution < -0.4 is 5.32 Å². The number of furan rings is 1. The van der Waals surface area contributed by atoms with Gasteiger partial charge in [-0.2, -0.15) is 5.10 Å². The molecule has 0 radical (unpaired) electrons. The van der Waals surface area contributed by atoms with Gasteiger partial charge in [-0.25, -0.2) is 9.97 Å². The first kappa shape index (κ1) is 19.0. The van der Waals surface area contributed by atoms with Gasteiger partial charge in [-0.05, 0) is 25.0 Å². The highest BCUT2D eigenvalue weighted by Crippen LogP contribution is 2.38. The molecule has 1 atom stereocenters. The lowest BCUT2D eigenvalue weighted by Gasteiger charge is -2.22. The SMILES string of the molecule is Cc1c(C(=O)NC[C@@H]2COCCO2)oc2c1-c1nn(Cc3ncccn3)cc1CC2. The zero-order chi connectivity index (χ0) is 20.5. The monoisotopic (exact) mass is 409 g/mol. The molecule has 1 saturated heterocycles. The number of aryl methyl sites for hydroxylation is 2. The van der Waals surface area contributed by atoms with E-state index >= 15 is 0 Å². The summed E-state index contributed by atoms with van der Waals surface area (Å²) >= 11 is 0. The van der Waals surface area contributed by atoms with Crippen molar-refractivity contribution >= 4 is 5.91 Å². The number of carbonyl (C=O) groups is 1. The first-order valence-electron chi connectivity index (χ1n) is 10.1. The van der Waals surface area contributed by atoms with Gasteiger partial charge in [-0.15, -0.1) is 0 Å². The molecule has 1 amide bonds. The molecular weight excluding hydrogens is 386 g/mol. The van der Waals surface area contributed by atoms with Crippen LogP contribution in [0.4, 0.5) is 0 Å². The van der Waals surface area contributed by atoms with Gasteiger partial charge in [-0.1, -0.05) is 0 Å². The van der Waals surface area contributed by atoms with E-state index in [1.165, 1.54) is 0 Å². The number of rotatable bonds is 5. The number of fused-ring (bicyclic) bond motifs is 3. The lowest BCUT2D eigenvalue weighted by Crippen LogP contribution is -2.39. The Hall–Kier alpha value is -3.04. The Bertz CT molecular complexity index is 1050. The third kappa shape index (κ3) is 3.61. The predicted molar refractivity (Wildman–Crippen MR) is 106 cm³/mol. The van der Waals surface area contributed by atoms with Crippen LogP contribution in [-0.2, 0) is 28.9 Å². The predicted octanol–water partition coefficient (Wildman–Crippen LogP) is 1.53. The second-order valence-corrected chi connectivity index (χ2v) is 7.50. The molecule has 3 aromatic rings. The van der Waals surface area contributed by atoms with Gasteiger partial charge in [0.15, 0.2) is 5.76 Å². The first-order valence-corrected chi connectivity index (χ1v) is 10.1. The van der Waals surface area contributed by atoms with Gasteiger partial charge in [0.05, 0.1) is 31.6 Å². The summed E-state index contributed by atoms with van der Waals surface area (Å²) in [5.74, 6) is 1.61. The number of nitrogens with zero attached hydrogens (tertiary/aromatic N) is 4. The quantitative estimate of drug-likeness (QED) is 0.681. The van der Waals surface area contributed by atoms with E-state index in [-0.39, 0.29) is 12.0 Å². The summed E-state index contributed by atoms with van der Waals surface area (Å²) in [6.45, 7) is 4.43. The third-order valence-corrected chi connectivity index (χ3v) is 5.42. The van der Waals surface area contributed by atoms with Crippen molar-refractivity contribution < 1.29 is 18.7 Å². The fourth-order valence-electron chi connectivity index (χ4n) is 3.96. The van der Waals surface area contributed by atoms with E-state index in [9.17, 15) is 4.79 Å². The van der Waals surface area contributed by atoms with Gasteiger partial charge in [0.1, 0.15) is 18.1 Å². The Morgan fingerprint density at radius 2 is 2.13 bits per heavy atom. The van der Waals surface area contributed by atoms with Crippen LogP contribution >= 0.6 is 0 Å². The van der Waals surface area contributed by atoms with Gasteiger partial charge in [0.2, 0.25) is 0 Å². The number of amides is 1. The molecule has 5 rings (SSSR count). The van der Waals surface area contributed by atoms with Crippen LogP contribution in [0.3, 0.4) is 0 Å². The van der Waals surface area contributed by atoms with Crippen LogP contribution in [0.5, 0.6) is 0 Å². The van der Waals surface area contributed by atoms with Gasteiger partial charge in [-0.3, -0.25) is 9.48 Å². The fraction of sp³-hybridized carbons (Fsp3) is 0.429. The maximum absolute atomic E-state index is 12.7. The lowest BCUT2D eigenvalue weighted by atomic mass is 9.93. The summed E-state index contributed by atoms with van der Waals surface area (Å²) in [4.78, 5) is 21.3. The third-order valence-electron chi connectivity index (χ3n) is 5.42. The average Bonchev–Trinajstić information content (AvgIpc) is 3.33. The standard InChI is InChI=1S/C21H23N5O4/c1-13-18-16(30-20(13)21(27)24-9-15-12-28-7-8-29-15)4-3-14-10-26(25-19(14)18)11-17-22-5-2-6-23-17/h2,5-6,10,15H,3-4,7-9,11-12H2,1H3,(H,24,27)/t15-/m1/s1. The summed E-state index contributed by atoms with van der Waals surface area (Å²) in [6, 6.07) is 1.79. The van der Waals surface area contributed by atoms with E-state index in [0.717, 1.165) is 41.0 Å². The summed E-state index contributed by atoms with van der Waals surface area (Å²) < 4.78 is 18.8. The molecule has 3 aromatic heterocycles. The van der Waals surface area contributed by atoms with Gasteiger partial charge >= 0.3 is 0 Å². The molecular formula is C21H23N5O4. The normalized spacial score (nSPS) is 18.0. The minimum atomic E-state index is -0.241. The van der Waals surface area contributed by atoms with Crippen LogP contribution in [0.1, 0.15) is 33.3 Å². The summed E-state index contributed by atoms with van der Waals surface area (Å²) in [5.41, 5.74) is 3.75. The molecule has 0 spiro atoms. The van der Waals surface area contributed by atoms with Crippen molar-refractivity contribution in [1.29, 1.82) is 0 Å². The Morgan fingerprint density at radius 3 is 2.93 bits per heavy atom. The molecule has 1 aliphatic heterocycles. The average molecular weight is 409 g/mol. The summed E-state index contributed by atoms with van der Waals surface area (Å²) in [7, 11) is 0. The lowest BCUT2D eigenvalue weighted by molar-refractivity contribution is -0.0856. The molecule has 9 heteroatoms. The molecule has 2 aliphatic rings. The van der Waals surface area contributed by atoms with Gasteiger partial charge < -0.3 is 19.2 Å². The first-order chi connectivity index (χ1) is 14.7. The molecule has 1 aliphatic carbocycles. The van der Waals surface area contributed by atoms with Crippen molar-refractivity contribution in [1.82, 2.24) is 25.1 Å². The van der Waals surface area contributed by atoms with Crippen LogP contribution in [0, 0.1) is 6.92 Å². The largest absolute Gasteiger partial charge is 0.455 e. The second kappa shape index (κ2) is 8.00. The van der Waals surface area contributed by atoms with Crippen LogP contribution in [0.25, 0.3) is 11.3 Å². The van der Waals surface area contributed by atoms with Gasteiger partial charge in [0, 0.05) is 42.7 Å². The number of aromatic nitrogens is 4. The number of hydrogen-bond donors (Lipinski definition) is 1. The van der Waals surface area contributed by atoms with Crippen molar-refractivity contribution in [2.45, 2.75) is 32.4 Å². The van der Waals surface area contributed by atoms with E-state index in [0.29, 0.717) is 44.5 Å². The summed E-state index contributed by atoms with van der Waals surface area (Å²) in [6.07, 6.45) is 6.90. The van der Waals surface area contributed by atoms with Crippen LogP contribution in [0.2, 0.25) is 0 Å². The molecule has 0 bridgehead atoms.